The number of aldehydes is 1. The summed E-state index contributed by atoms with van der Waals surface area (Å²) >= 11 is 6.62. The summed E-state index contributed by atoms with van der Waals surface area (Å²) in [6.07, 6.45) is 0.368. The molecule has 0 saturated carbocycles. The SMILES string of the molecule is Nc1nc(C(C=O)N=O)c(Cl)s1. The molecule has 0 radical (unpaired) electrons. The van der Waals surface area contributed by atoms with E-state index >= 15 is 0 Å². The van der Waals surface area contributed by atoms with Crippen LogP contribution in [0.4, 0.5) is 5.13 Å². The van der Waals surface area contributed by atoms with Crippen LogP contribution >= 0.6 is 22.9 Å². The van der Waals surface area contributed by atoms with Gasteiger partial charge in [0, 0.05) is 0 Å². The van der Waals surface area contributed by atoms with Gasteiger partial charge in [0.1, 0.15) is 10.0 Å². The summed E-state index contributed by atoms with van der Waals surface area (Å²) in [7, 11) is 0. The summed E-state index contributed by atoms with van der Waals surface area (Å²) in [6.45, 7) is 0. The van der Waals surface area contributed by atoms with Crippen LogP contribution in [0.15, 0.2) is 5.18 Å². The summed E-state index contributed by atoms with van der Waals surface area (Å²) in [5, 5.41) is 2.75. The van der Waals surface area contributed by atoms with E-state index in [4.69, 9.17) is 17.3 Å². The molecule has 0 bridgehead atoms. The van der Waals surface area contributed by atoms with Gasteiger partial charge in [-0.25, -0.2) is 4.98 Å². The number of thiazole rings is 1. The van der Waals surface area contributed by atoms with E-state index in [0.29, 0.717) is 6.29 Å². The molecule has 1 unspecified atom stereocenters. The van der Waals surface area contributed by atoms with Gasteiger partial charge >= 0.3 is 0 Å². The van der Waals surface area contributed by atoms with E-state index in [1.807, 2.05) is 0 Å². The number of hydrogen-bond acceptors (Lipinski definition) is 6. The molecule has 5 nitrogen and oxygen atoms in total. The first-order valence-electron chi connectivity index (χ1n) is 2.88. The van der Waals surface area contributed by atoms with Crippen LogP contribution in [0.1, 0.15) is 11.7 Å². The molecular formula is C5H4ClN3O2S. The number of aromatic nitrogens is 1. The zero-order chi connectivity index (χ0) is 9.14. The van der Waals surface area contributed by atoms with Crippen LogP contribution in [0.5, 0.6) is 0 Å². The predicted molar refractivity (Wildman–Crippen MR) is 46.1 cm³/mol. The Hall–Kier alpha value is -1.01. The second-order valence-electron chi connectivity index (χ2n) is 1.90. The Morgan fingerprint density at radius 2 is 2.42 bits per heavy atom. The molecule has 7 heteroatoms. The monoisotopic (exact) mass is 205 g/mol. The minimum atomic E-state index is -1.15. The Morgan fingerprint density at radius 1 is 1.75 bits per heavy atom. The topological polar surface area (TPSA) is 85.4 Å². The number of nitroso groups, excluding NO2 is 1. The molecule has 64 valence electrons. The van der Waals surface area contributed by atoms with Crippen molar-refractivity contribution in [1.29, 1.82) is 0 Å². The summed E-state index contributed by atoms with van der Waals surface area (Å²) in [5.41, 5.74) is 5.42. The van der Waals surface area contributed by atoms with Gasteiger partial charge in [-0.15, -0.1) is 4.91 Å². The van der Waals surface area contributed by atoms with Gasteiger partial charge in [0.2, 0.25) is 0 Å². The van der Waals surface area contributed by atoms with Crippen LogP contribution < -0.4 is 5.73 Å². The number of carbonyl (C=O) groups is 1. The lowest BCUT2D eigenvalue weighted by atomic mass is 10.3. The molecule has 0 aromatic carbocycles. The molecule has 0 aliphatic carbocycles. The molecule has 1 aromatic heterocycles. The smallest absolute Gasteiger partial charge is 0.191 e. The normalized spacial score (nSPS) is 12.4. The molecule has 0 saturated heterocycles. The standard InChI is InChI=1S/C5H4ClN3O2S/c6-4-3(2(1-10)9-11)8-5(7)12-4/h1-2H,(H2,7,8). The molecule has 1 aromatic rings. The van der Waals surface area contributed by atoms with Crippen LogP contribution in [0.2, 0.25) is 4.34 Å². The van der Waals surface area contributed by atoms with Gasteiger partial charge in [0.15, 0.2) is 17.5 Å². The van der Waals surface area contributed by atoms with Crippen molar-refractivity contribution in [2.24, 2.45) is 5.18 Å². The first-order chi connectivity index (χ1) is 5.69. The van der Waals surface area contributed by atoms with Crippen molar-refractivity contribution >= 4 is 34.4 Å². The van der Waals surface area contributed by atoms with Crippen LogP contribution in [-0.4, -0.2) is 11.3 Å². The van der Waals surface area contributed by atoms with Gasteiger partial charge in [-0.2, -0.15) is 0 Å². The molecule has 0 fully saturated rings. The average molecular weight is 206 g/mol. The Kier molecular flexibility index (Phi) is 2.72. The highest BCUT2D eigenvalue weighted by atomic mass is 35.5. The van der Waals surface area contributed by atoms with E-state index in [0.717, 1.165) is 11.3 Å². The van der Waals surface area contributed by atoms with Gasteiger partial charge in [0.25, 0.3) is 0 Å². The average Bonchev–Trinajstić information content (AvgIpc) is 2.34. The largest absolute Gasteiger partial charge is 0.375 e. The van der Waals surface area contributed by atoms with Crippen molar-refractivity contribution in [3.05, 3.63) is 14.9 Å². The molecule has 0 amide bonds. The number of halogens is 1. The maximum Gasteiger partial charge on any atom is 0.191 e. The van der Waals surface area contributed by atoms with Crippen molar-refractivity contribution in [2.45, 2.75) is 6.04 Å². The van der Waals surface area contributed by atoms with E-state index in [1.54, 1.807) is 0 Å². The third kappa shape index (κ3) is 1.59. The Bertz CT molecular complexity index is 306. The zero-order valence-electron chi connectivity index (χ0n) is 5.73. The number of nitrogens with zero attached hydrogens (tertiary/aromatic N) is 2. The first-order valence-corrected chi connectivity index (χ1v) is 4.08. The highest BCUT2D eigenvalue weighted by Crippen LogP contribution is 2.30. The maximum atomic E-state index is 10.3. The lowest BCUT2D eigenvalue weighted by Gasteiger charge is -1.94. The van der Waals surface area contributed by atoms with E-state index in [9.17, 15) is 9.70 Å². The molecule has 12 heavy (non-hydrogen) atoms. The van der Waals surface area contributed by atoms with Crippen molar-refractivity contribution in [3.63, 3.8) is 0 Å². The van der Waals surface area contributed by atoms with Crippen molar-refractivity contribution < 1.29 is 4.79 Å². The van der Waals surface area contributed by atoms with E-state index in [1.165, 1.54) is 0 Å². The first kappa shape index (κ1) is 9.08. The molecule has 2 N–H and O–H groups in total. The summed E-state index contributed by atoms with van der Waals surface area (Å²) in [5.74, 6) is 0. The fourth-order valence-electron chi connectivity index (χ4n) is 0.651. The summed E-state index contributed by atoms with van der Waals surface area (Å²) in [4.78, 5) is 24.0. The fraction of sp³-hybridized carbons (Fsp3) is 0.200. The lowest BCUT2D eigenvalue weighted by Crippen LogP contribution is -1.97. The Labute approximate surface area is 76.5 Å². The lowest BCUT2D eigenvalue weighted by molar-refractivity contribution is -0.109. The van der Waals surface area contributed by atoms with Crippen molar-refractivity contribution in [3.8, 4) is 0 Å². The van der Waals surface area contributed by atoms with Gasteiger partial charge in [0.05, 0.1) is 0 Å². The number of anilines is 1. The second-order valence-corrected chi connectivity index (χ2v) is 3.53. The van der Waals surface area contributed by atoms with E-state index in [2.05, 4.69) is 10.2 Å². The van der Waals surface area contributed by atoms with E-state index in [-0.39, 0.29) is 15.2 Å². The summed E-state index contributed by atoms with van der Waals surface area (Å²) in [6, 6.07) is -1.15. The van der Waals surface area contributed by atoms with Gasteiger partial charge < -0.3 is 10.5 Å². The molecule has 0 aliphatic rings. The van der Waals surface area contributed by atoms with Crippen molar-refractivity contribution in [1.82, 2.24) is 4.98 Å². The predicted octanol–water partition coefficient (Wildman–Crippen LogP) is 1.39. The number of nitrogens with two attached hydrogens (primary N) is 1. The molecule has 0 spiro atoms. The van der Waals surface area contributed by atoms with Gasteiger partial charge in [-0.05, 0) is 0 Å². The second kappa shape index (κ2) is 3.59. The molecule has 1 rings (SSSR count). The van der Waals surface area contributed by atoms with Gasteiger partial charge in [-0.1, -0.05) is 28.1 Å². The zero-order valence-corrected chi connectivity index (χ0v) is 7.30. The van der Waals surface area contributed by atoms with Crippen LogP contribution in [0.25, 0.3) is 0 Å². The number of nitrogen functional groups attached to an aromatic ring is 1. The van der Waals surface area contributed by atoms with Gasteiger partial charge in [-0.3, -0.25) is 0 Å². The minimum Gasteiger partial charge on any atom is -0.375 e. The summed E-state index contributed by atoms with van der Waals surface area (Å²) < 4.78 is 0.226. The molecular weight excluding hydrogens is 202 g/mol. The maximum absolute atomic E-state index is 10.3. The Balaban J connectivity index is 3.07. The third-order valence-corrected chi connectivity index (χ3v) is 2.26. The molecule has 1 atom stereocenters. The third-order valence-electron chi connectivity index (χ3n) is 1.15. The quantitative estimate of drug-likeness (QED) is 0.597. The number of hydrogen-bond donors (Lipinski definition) is 1. The molecule has 0 aliphatic heterocycles. The molecule has 1 heterocycles. The highest BCUT2D eigenvalue weighted by molar-refractivity contribution is 7.19. The Morgan fingerprint density at radius 3 is 2.75 bits per heavy atom. The fourth-order valence-corrected chi connectivity index (χ4v) is 1.64. The number of rotatable bonds is 3. The van der Waals surface area contributed by atoms with E-state index < -0.39 is 6.04 Å². The van der Waals surface area contributed by atoms with Crippen LogP contribution in [0.3, 0.4) is 0 Å². The number of carbonyl (C=O) groups excluding carboxylic acids is 1. The highest BCUT2D eigenvalue weighted by Gasteiger charge is 2.18. The minimum absolute atomic E-state index is 0.129. The van der Waals surface area contributed by atoms with Crippen LogP contribution in [0, 0.1) is 4.91 Å². The van der Waals surface area contributed by atoms with Crippen molar-refractivity contribution in [2.75, 3.05) is 5.73 Å². The van der Waals surface area contributed by atoms with Crippen LogP contribution in [-0.2, 0) is 4.79 Å².